The van der Waals surface area contributed by atoms with Gasteiger partial charge in [-0.25, -0.2) is 13.5 Å². The Bertz CT molecular complexity index is 919. The normalized spacial score (nSPS) is 15.8. The number of aryl methyl sites for hydroxylation is 1. The maximum Gasteiger partial charge on any atom is 0.226 e. The van der Waals surface area contributed by atoms with Crippen molar-refractivity contribution < 1.29 is 13.7 Å². The number of ether oxygens (including phenoxy) is 1. The zero-order valence-corrected chi connectivity index (χ0v) is 20.5. The molecule has 3 rings (SSSR count). The molecule has 0 aliphatic heterocycles. The number of carbonyl (C=O) groups excluding carboxylic acids is 1. The predicted molar refractivity (Wildman–Crippen MR) is 128 cm³/mol. The number of rotatable bonds is 9. The van der Waals surface area contributed by atoms with Gasteiger partial charge in [-0.3, -0.25) is 4.79 Å². The minimum Gasteiger partial charge on any atom is -0.495 e. The van der Waals surface area contributed by atoms with Crippen molar-refractivity contribution in [2.24, 2.45) is 5.92 Å². The van der Waals surface area contributed by atoms with Gasteiger partial charge in [0.25, 0.3) is 0 Å². The van der Waals surface area contributed by atoms with Crippen molar-refractivity contribution >= 4 is 33.4 Å². The Morgan fingerprint density at radius 2 is 1.97 bits per heavy atom. The minimum absolute atomic E-state index is 0.0465. The fourth-order valence-corrected chi connectivity index (χ4v) is 6.37. The Kier molecular flexibility index (Phi) is 8.63. The first-order chi connectivity index (χ1) is 15.0. The van der Waals surface area contributed by atoms with Crippen LogP contribution in [0.4, 0.5) is 5.13 Å². The molecular weight excluding hydrogens is 430 g/mol. The van der Waals surface area contributed by atoms with E-state index in [1.165, 1.54) is 30.6 Å². The number of methoxy groups -OCH3 is 1. The molecular formula is C23H33N3O3S2. The Morgan fingerprint density at radius 3 is 2.61 bits per heavy atom. The third kappa shape index (κ3) is 5.93. The van der Waals surface area contributed by atoms with Crippen LogP contribution in [-0.2, 0) is 15.8 Å². The minimum atomic E-state index is -1.31. The predicted octanol–water partition coefficient (Wildman–Crippen LogP) is 5.40. The summed E-state index contributed by atoms with van der Waals surface area (Å²) in [6.45, 7) is 7.30. The van der Waals surface area contributed by atoms with Crippen LogP contribution >= 0.6 is 11.3 Å². The second kappa shape index (κ2) is 11.2. The molecule has 1 aliphatic carbocycles. The number of benzene rings is 1. The molecule has 1 aromatic heterocycles. The summed E-state index contributed by atoms with van der Waals surface area (Å²) in [5, 5.41) is 3.61. The molecule has 0 bridgehead atoms. The molecule has 31 heavy (non-hydrogen) atoms. The van der Waals surface area contributed by atoms with Gasteiger partial charge in [0.2, 0.25) is 5.91 Å². The summed E-state index contributed by atoms with van der Waals surface area (Å²) in [5.74, 6) is 1.15. The number of hydrogen-bond acceptors (Lipinski definition) is 5. The summed E-state index contributed by atoms with van der Waals surface area (Å²) in [5.41, 5.74) is 1.78. The molecule has 6 nitrogen and oxygen atoms in total. The van der Waals surface area contributed by atoms with Gasteiger partial charge in [0, 0.05) is 19.5 Å². The summed E-state index contributed by atoms with van der Waals surface area (Å²) in [6.07, 6.45) is 6.61. The Hall–Kier alpha value is -1.77. The van der Waals surface area contributed by atoms with Gasteiger partial charge in [0.15, 0.2) is 5.13 Å². The third-order valence-electron chi connectivity index (χ3n) is 5.80. The highest BCUT2D eigenvalue weighted by Gasteiger charge is 2.21. The van der Waals surface area contributed by atoms with E-state index >= 15 is 0 Å². The number of hydrogen-bond donors (Lipinski definition) is 1. The van der Waals surface area contributed by atoms with Crippen LogP contribution in [-0.4, -0.2) is 39.6 Å². The van der Waals surface area contributed by atoms with E-state index in [2.05, 4.69) is 10.3 Å². The topological polar surface area (TPSA) is 71.5 Å². The molecule has 0 spiro atoms. The maximum absolute atomic E-state index is 13.1. The molecule has 0 saturated heterocycles. The largest absolute Gasteiger partial charge is 0.495 e. The highest BCUT2D eigenvalue weighted by molar-refractivity contribution is 7.82. The van der Waals surface area contributed by atoms with E-state index in [4.69, 9.17) is 4.74 Å². The highest BCUT2D eigenvalue weighted by atomic mass is 32.2. The molecule has 170 valence electrons. The van der Waals surface area contributed by atoms with E-state index in [1.807, 2.05) is 43.3 Å². The summed E-state index contributed by atoms with van der Waals surface area (Å²) >= 11 is 1.46. The lowest BCUT2D eigenvalue weighted by molar-refractivity contribution is -0.117. The van der Waals surface area contributed by atoms with Gasteiger partial charge in [0.1, 0.15) is 16.7 Å². The van der Waals surface area contributed by atoms with Crippen LogP contribution in [0.2, 0.25) is 0 Å². The average Bonchev–Trinajstić information content (AvgIpc) is 3.14. The third-order valence-corrected chi connectivity index (χ3v) is 8.60. The van der Waals surface area contributed by atoms with Crippen molar-refractivity contribution in [2.75, 3.05) is 25.5 Å². The maximum atomic E-state index is 13.1. The van der Waals surface area contributed by atoms with Crippen molar-refractivity contribution in [3.05, 3.63) is 23.9 Å². The number of carbonyl (C=O) groups is 1. The molecule has 1 fully saturated rings. The van der Waals surface area contributed by atoms with Gasteiger partial charge in [-0.05, 0) is 49.4 Å². The number of nitrogens with zero attached hydrogens (tertiary/aromatic N) is 2. The van der Waals surface area contributed by atoms with Crippen molar-refractivity contribution in [1.29, 1.82) is 0 Å². The number of anilines is 1. The fourth-order valence-electron chi connectivity index (χ4n) is 4.09. The van der Waals surface area contributed by atoms with Gasteiger partial charge < -0.3 is 10.1 Å². The Balaban J connectivity index is 1.79. The molecule has 1 aliphatic rings. The first kappa shape index (κ1) is 23.9. The van der Waals surface area contributed by atoms with E-state index in [-0.39, 0.29) is 5.91 Å². The number of amides is 1. The quantitative estimate of drug-likeness (QED) is 0.540. The molecule has 1 atom stereocenters. The average molecular weight is 464 g/mol. The van der Waals surface area contributed by atoms with Crippen LogP contribution in [0.25, 0.3) is 10.4 Å². The summed E-state index contributed by atoms with van der Waals surface area (Å²) in [6, 6.07) is 5.73. The number of aromatic nitrogens is 1. The van der Waals surface area contributed by atoms with E-state index in [9.17, 15) is 9.00 Å². The fraction of sp³-hybridized carbons (Fsp3) is 0.565. The van der Waals surface area contributed by atoms with Crippen molar-refractivity contribution in [3.8, 4) is 16.2 Å². The van der Waals surface area contributed by atoms with Gasteiger partial charge in [0.05, 0.1) is 22.6 Å². The van der Waals surface area contributed by atoms with E-state index in [1.54, 1.807) is 7.11 Å². The molecule has 2 aromatic rings. The second-order valence-electron chi connectivity index (χ2n) is 7.92. The lowest BCUT2D eigenvalue weighted by Gasteiger charge is -2.20. The molecule has 1 heterocycles. The molecule has 1 saturated carbocycles. The number of thiazole rings is 1. The van der Waals surface area contributed by atoms with Crippen LogP contribution < -0.4 is 10.1 Å². The summed E-state index contributed by atoms with van der Waals surface area (Å²) < 4.78 is 20.4. The van der Waals surface area contributed by atoms with E-state index in [0.717, 1.165) is 29.0 Å². The zero-order chi connectivity index (χ0) is 22.4. The Labute approximate surface area is 192 Å². The van der Waals surface area contributed by atoms with Gasteiger partial charge in [-0.15, -0.1) is 0 Å². The summed E-state index contributed by atoms with van der Waals surface area (Å²) in [4.78, 5) is 18.7. The molecule has 1 amide bonds. The lowest BCUT2D eigenvalue weighted by atomic mass is 9.87. The zero-order valence-electron chi connectivity index (χ0n) is 18.9. The highest BCUT2D eigenvalue weighted by Crippen LogP contribution is 2.37. The SMILES string of the molecule is CCN(CC)S(=O)c1cc(-c2sc(NC(=O)CC3CCCCC3)nc2C)ccc1OC. The van der Waals surface area contributed by atoms with Gasteiger partial charge >= 0.3 is 0 Å². The first-order valence-corrected chi connectivity index (χ1v) is 13.0. The van der Waals surface area contributed by atoms with Crippen LogP contribution in [0, 0.1) is 12.8 Å². The molecule has 1 unspecified atom stereocenters. The lowest BCUT2D eigenvalue weighted by Crippen LogP contribution is -2.25. The standard InChI is InChI=1S/C23H33N3O3S2/c1-5-26(6-2)31(28)20-15-18(12-13-19(20)29-4)22-16(3)24-23(30-22)25-21(27)14-17-10-8-7-9-11-17/h12-13,15,17H,5-11,14H2,1-4H3,(H,24,25,27). The van der Waals surface area contributed by atoms with Crippen LogP contribution in [0.1, 0.15) is 58.1 Å². The van der Waals surface area contributed by atoms with Crippen molar-refractivity contribution in [2.45, 2.75) is 64.2 Å². The monoisotopic (exact) mass is 463 g/mol. The molecule has 1 aromatic carbocycles. The molecule has 1 N–H and O–H groups in total. The first-order valence-electron chi connectivity index (χ1n) is 11.1. The van der Waals surface area contributed by atoms with Crippen molar-refractivity contribution in [1.82, 2.24) is 9.29 Å². The van der Waals surface area contributed by atoms with Gasteiger partial charge in [-0.2, -0.15) is 0 Å². The van der Waals surface area contributed by atoms with E-state index in [0.29, 0.717) is 41.2 Å². The summed E-state index contributed by atoms with van der Waals surface area (Å²) in [7, 11) is 0.286. The van der Waals surface area contributed by atoms with Crippen LogP contribution in [0.5, 0.6) is 5.75 Å². The van der Waals surface area contributed by atoms with Crippen LogP contribution in [0.15, 0.2) is 23.1 Å². The van der Waals surface area contributed by atoms with Gasteiger partial charge in [-0.1, -0.05) is 44.4 Å². The van der Waals surface area contributed by atoms with Crippen molar-refractivity contribution in [3.63, 3.8) is 0 Å². The van der Waals surface area contributed by atoms with Crippen LogP contribution in [0.3, 0.4) is 0 Å². The molecule has 0 radical (unpaired) electrons. The second-order valence-corrected chi connectivity index (χ2v) is 10.4. The Morgan fingerprint density at radius 1 is 1.26 bits per heavy atom. The van der Waals surface area contributed by atoms with E-state index < -0.39 is 11.0 Å². The number of nitrogens with one attached hydrogen (secondary N) is 1. The molecule has 8 heteroatoms. The smallest absolute Gasteiger partial charge is 0.226 e.